The third kappa shape index (κ3) is 1.98. The molecule has 0 aliphatic rings. The summed E-state index contributed by atoms with van der Waals surface area (Å²) >= 11 is 0. The molecule has 0 amide bonds. The van der Waals surface area contributed by atoms with Gasteiger partial charge in [0.05, 0.1) is 12.2 Å². The largest absolute Gasteiger partial charge is 0.245 e. The van der Waals surface area contributed by atoms with E-state index in [-0.39, 0.29) is 6.04 Å². The lowest BCUT2D eigenvalue weighted by molar-refractivity contribution is 0.509. The van der Waals surface area contributed by atoms with Crippen molar-refractivity contribution in [2.75, 3.05) is 0 Å². The van der Waals surface area contributed by atoms with Crippen molar-refractivity contribution in [2.24, 2.45) is 0 Å². The van der Waals surface area contributed by atoms with Crippen molar-refractivity contribution in [3.05, 3.63) is 54.2 Å². The predicted octanol–water partition coefficient (Wildman–Crippen LogP) is 2.71. The Morgan fingerprint density at radius 2 is 2.12 bits per heavy atom. The molecule has 0 fully saturated rings. The lowest BCUT2D eigenvalue weighted by Gasteiger charge is -2.16. The van der Waals surface area contributed by atoms with Crippen LogP contribution in [0.5, 0.6) is 0 Å². The van der Waals surface area contributed by atoms with Crippen molar-refractivity contribution in [3.8, 4) is 0 Å². The second kappa shape index (κ2) is 4.47. The van der Waals surface area contributed by atoms with Crippen LogP contribution >= 0.6 is 0 Å². The van der Waals surface area contributed by atoms with Crippen LogP contribution in [0.1, 0.15) is 29.2 Å². The van der Waals surface area contributed by atoms with Gasteiger partial charge in [0.15, 0.2) is 0 Å². The summed E-state index contributed by atoms with van der Waals surface area (Å²) in [5, 5.41) is 7.88. The zero-order valence-corrected chi connectivity index (χ0v) is 9.72. The van der Waals surface area contributed by atoms with E-state index in [1.807, 2.05) is 10.9 Å². The Balaban J connectivity index is 2.37. The van der Waals surface area contributed by atoms with E-state index in [1.165, 1.54) is 16.7 Å². The first kappa shape index (κ1) is 10.9. The standard InChI is InChI=1S/C13H16N3/c1-4-13(16-8-7-14-15-16)12-6-5-10(2)11(3)9-12/h5-9,13H,1,4H2,2-3H3/t13-/m1/s1. The lowest BCUT2D eigenvalue weighted by atomic mass is 10.00. The van der Waals surface area contributed by atoms with Gasteiger partial charge in [0.1, 0.15) is 0 Å². The predicted molar refractivity (Wildman–Crippen MR) is 64.1 cm³/mol. The van der Waals surface area contributed by atoms with Gasteiger partial charge in [0.25, 0.3) is 0 Å². The van der Waals surface area contributed by atoms with Crippen LogP contribution in [0.3, 0.4) is 0 Å². The van der Waals surface area contributed by atoms with E-state index in [4.69, 9.17) is 0 Å². The third-order valence-corrected chi connectivity index (χ3v) is 2.95. The monoisotopic (exact) mass is 214 g/mol. The van der Waals surface area contributed by atoms with Crippen molar-refractivity contribution in [1.29, 1.82) is 0 Å². The van der Waals surface area contributed by atoms with Crippen molar-refractivity contribution in [3.63, 3.8) is 0 Å². The van der Waals surface area contributed by atoms with Crippen molar-refractivity contribution >= 4 is 0 Å². The molecule has 0 aliphatic heterocycles. The summed E-state index contributed by atoms with van der Waals surface area (Å²) in [6, 6.07) is 6.67. The second-order valence-corrected chi connectivity index (χ2v) is 4.03. The van der Waals surface area contributed by atoms with Gasteiger partial charge in [0.2, 0.25) is 0 Å². The Hall–Kier alpha value is -1.64. The molecule has 1 atom stereocenters. The Kier molecular flexibility index (Phi) is 3.04. The summed E-state index contributed by atoms with van der Waals surface area (Å²) in [5.74, 6) is 0. The molecule has 0 spiro atoms. The van der Waals surface area contributed by atoms with Crippen LogP contribution < -0.4 is 0 Å². The maximum absolute atomic E-state index is 4.04. The van der Waals surface area contributed by atoms with E-state index >= 15 is 0 Å². The molecule has 0 unspecified atom stereocenters. The summed E-state index contributed by atoms with van der Waals surface area (Å²) < 4.78 is 1.86. The molecule has 1 aromatic carbocycles. The van der Waals surface area contributed by atoms with Crippen molar-refractivity contribution in [2.45, 2.75) is 26.3 Å². The topological polar surface area (TPSA) is 30.7 Å². The molecule has 0 N–H and O–H groups in total. The highest BCUT2D eigenvalue weighted by Gasteiger charge is 2.12. The Bertz CT molecular complexity index is 460. The van der Waals surface area contributed by atoms with Gasteiger partial charge in [-0.05, 0) is 37.0 Å². The van der Waals surface area contributed by atoms with Crippen LogP contribution in [0.15, 0.2) is 30.6 Å². The SMILES string of the molecule is [CH2]C[C@H](c1ccc(C)c(C)c1)n1ccnn1. The summed E-state index contributed by atoms with van der Waals surface area (Å²) in [5.41, 5.74) is 3.85. The highest BCUT2D eigenvalue weighted by atomic mass is 15.4. The van der Waals surface area contributed by atoms with E-state index in [0.717, 1.165) is 6.42 Å². The van der Waals surface area contributed by atoms with Gasteiger partial charge in [-0.15, -0.1) is 5.10 Å². The van der Waals surface area contributed by atoms with Crippen molar-refractivity contribution in [1.82, 2.24) is 15.0 Å². The van der Waals surface area contributed by atoms with Gasteiger partial charge < -0.3 is 0 Å². The highest BCUT2D eigenvalue weighted by Crippen LogP contribution is 2.22. The highest BCUT2D eigenvalue weighted by molar-refractivity contribution is 5.32. The molecule has 0 saturated heterocycles. The fourth-order valence-electron chi connectivity index (χ4n) is 1.81. The first-order chi connectivity index (χ1) is 7.72. The van der Waals surface area contributed by atoms with Gasteiger partial charge in [-0.3, -0.25) is 0 Å². The summed E-state index contributed by atoms with van der Waals surface area (Å²) in [6.07, 6.45) is 4.35. The summed E-state index contributed by atoms with van der Waals surface area (Å²) in [6.45, 7) is 8.23. The minimum absolute atomic E-state index is 0.182. The van der Waals surface area contributed by atoms with E-state index in [2.05, 4.69) is 49.3 Å². The normalized spacial score (nSPS) is 12.7. The Labute approximate surface area is 96.1 Å². The minimum atomic E-state index is 0.182. The molecule has 1 radical (unpaired) electrons. The smallest absolute Gasteiger partial charge is 0.0786 e. The third-order valence-electron chi connectivity index (χ3n) is 2.95. The fraction of sp³-hybridized carbons (Fsp3) is 0.308. The van der Waals surface area contributed by atoms with Crippen molar-refractivity contribution < 1.29 is 0 Å². The van der Waals surface area contributed by atoms with Crippen LogP contribution in [-0.4, -0.2) is 15.0 Å². The van der Waals surface area contributed by atoms with E-state index in [9.17, 15) is 0 Å². The number of hydrogen-bond acceptors (Lipinski definition) is 2. The fourth-order valence-corrected chi connectivity index (χ4v) is 1.81. The maximum atomic E-state index is 4.04. The summed E-state index contributed by atoms with van der Waals surface area (Å²) in [7, 11) is 0. The minimum Gasteiger partial charge on any atom is -0.245 e. The molecule has 16 heavy (non-hydrogen) atoms. The van der Waals surface area contributed by atoms with Gasteiger partial charge >= 0.3 is 0 Å². The molecular weight excluding hydrogens is 198 g/mol. The zero-order valence-electron chi connectivity index (χ0n) is 9.72. The quantitative estimate of drug-likeness (QED) is 0.786. The van der Waals surface area contributed by atoms with Gasteiger partial charge in [-0.25, -0.2) is 4.68 Å². The van der Waals surface area contributed by atoms with E-state index < -0.39 is 0 Å². The molecule has 0 bridgehead atoms. The number of aromatic nitrogens is 3. The van der Waals surface area contributed by atoms with Crippen LogP contribution in [0.2, 0.25) is 0 Å². The first-order valence-electron chi connectivity index (χ1n) is 5.44. The van der Waals surface area contributed by atoms with E-state index in [0.29, 0.717) is 0 Å². The molecular formula is C13H16N3. The number of aryl methyl sites for hydroxylation is 2. The molecule has 0 aliphatic carbocycles. The maximum Gasteiger partial charge on any atom is 0.0786 e. The van der Waals surface area contributed by atoms with Crippen LogP contribution in [-0.2, 0) is 0 Å². The average Bonchev–Trinajstić information content (AvgIpc) is 2.78. The van der Waals surface area contributed by atoms with Gasteiger partial charge in [0, 0.05) is 6.20 Å². The molecule has 2 rings (SSSR count). The average molecular weight is 214 g/mol. The van der Waals surface area contributed by atoms with Gasteiger partial charge in [-0.2, -0.15) is 0 Å². The number of nitrogens with zero attached hydrogens (tertiary/aromatic N) is 3. The lowest BCUT2D eigenvalue weighted by Crippen LogP contribution is -2.11. The first-order valence-corrected chi connectivity index (χ1v) is 5.44. The molecule has 3 nitrogen and oxygen atoms in total. The molecule has 83 valence electrons. The molecule has 3 heteroatoms. The van der Waals surface area contributed by atoms with E-state index in [1.54, 1.807) is 6.20 Å². The second-order valence-electron chi connectivity index (χ2n) is 4.03. The number of rotatable bonds is 3. The zero-order chi connectivity index (χ0) is 11.5. The van der Waals surface area contributed by atoms with Gasteiger partial charge in [-0.1, -0.05) is 30.3 Å². The molecule has 1 aromatic heterocycles. The molecule has 2 aromatic rings. The Morgan fingerprint density at radius 1 is 1.31 bits per heavy atom. The molecule has 1 heterocycles. The van der Waals surface area contributed by atoms with Crippen LogP contribution in [0.25, 0.3) is 0 Å². The number of benzene rings is 1. The van der Waals surface area contributed by atoms with Crippen LogP contribution in [0, 0.1) is 20.8 Å². The van der Waals surface area contributed by atoms with Crippen LogP contribution in [0.4, 0.5) is 0 Å². The number of hydrogen-bond donors (Lipinski definition) is 0. The summed E-state index contributed by atoms with van der Waals surface area (Å²) in [4.78, 5) is 0. The Morgan fingerprint density at radius 3 is 2.69 bits per heavy atom. The molecule has 0 saturated carbocycles.